The lowest BCUT2D eigenvalue weighted by Crippen LogP contribution is -2.60. The first-order chi connectivity index (χ1) is 10.0. The van der Waals surface area contributed by atoms with Gasteiger partial charge in [-0.1, -0.05) is 26.0 Å². The highest BCUT2D eigenvalue weighted by Crippen LogP contribution is 2.28. The van der Waals surface area contributed by atoms with Crippen molar-refractivity contribution < 1.29 is 4.74 Å². The van der Waals surface area contributed by atoms with E-state index in [2.05, 4.69) is 50.4 Å². The first-order valence-corrected chi connectivity index (χ1v) is 7.80. The summed E-state index contributed by atoms with van der Waals surface area (Å²) < 4.78 is 5.20. The van der Waals surface area contributed by atoms with Crippen molar-refractivity contribution in [3.63, 3.8) is 0 Å². The van der Waals surface area contributed by atoms with Crippen LogP contribution >= 0.6 is 0 Å². The molecule has 1 unspecified atom stereocenters. The Morgan fingerprint density at radius 3 is 2.14 bits per heavy atom. The number of methoxy groups -OCH3 is 1. The molecule has 0 saturated heterocycles. The molecule has 0 heterocycles. The van der Waals surface area contributed by atoms with Gasteiger partial charge < -0.3 is 9.64 Å². The fourth-order valence-corrected chi connectivity index (χ4v) is 3.30. The first-order valence-electron chi connectivity index (χ1n) is 7.80. The van der Waals surface area contributed by atoms with Crippen LogP contribution in [0.3, 0.4) is 0 Å². The van der Waals surface area contributed by atoms with Gasteiger partial charge in [0.2, 0.25) is 0 Å². The smallest absolute Gasteiger partial charge is 0.118 e. The molecular formula is C17H31N3O. The van der Waals surface area contributed by atoms with E-state index in [1.165, 1.54) is 5.56 Å². The minimum Gasteiger partial charge on any atom is -0.497 e. The number of hydrogen-bond donors (Lipinski definition) is 2. The zero-order chi connectivity index (χ0) is 15.9. The summed E-state index contributed by atoms with van der Waals surface area (Å²) >= 11 is 0. The van der Waals surface area contributed by atoms with Gasteiger partial charge in [-0.25, -0.2) is 0 Å². The molecular weight excluding hydrogens is 262 g/mol. The fraction of sp³-hybridized carbons (Fsp3) is 0.647. The number of benzene rings is 1. The Hall–Kier alpha value is -1.10. The molecule has 0 amide bonds. The standard InChI is InChI=1S/C17H31N3O/c1-6-17(7-2,20(3)4)16(19-18)13-10-14-8-11-15(21-5)12-9-14/h8-9,11-12,16,19H,6-7,10,13,18H2,1-5H3. The predicted octanol–water partition coefficient (Wildman–Crippen LogP) is 2.58. The quantitative estimate of drug-likeness (QED) is 0.543. The van der Waals surface area contributed by atoms with E-state index in [0.29, 0.717) is 0 Å². The number of ether oxygens (including phenoxy) is 1. The van der Waals surface area contributed by atoms with Crippen LogP contribution in [0.4, 0.5) is 0 Å². The van der Waals surface area contributed by atoms with E-state index in [9.17, 15) is 0 Å². The third kappa shape index (κ3) is 4.19. The summed E-state index contributed by atoms with van der Waals surface area (Å²) in [6, 6.07) is 8.55. The Balaban J connectivity index is 2.76. The lowest BCUT2D eigenvalue weighted by atomic mass is 9.81. The number of nitrogens with one attached hydrogen (secondary N) is 1. The average molecular weight is 293 g/mol. The van der Waals surface area contributed by atoms with Crippen molar-refractivity contribution >= 4 is 0 Å². The number of hydrazine groups is 1. The van der Waals surface area contributed by atoms with E-state index < -0.39 is 0 Å². The second kappa shape index (κ2) is 8.37. The largest absolute Gasteiger partial charge is 0.497 e. The SMILES string of the molecule is CCC(CC)(C(CCc1ccc(OC)cc1)NN)N(C)C. The molecule has 1 aromatic carbocycles. The third-order valence-corrected chi connectivity index (χ3v) is 4.85. The van der Waals surface area contributed by atoms with E-state index >= 15 is 0 Å². The highest BCUT2D eigenvalue weighted by atomic mass is 16.5. The Morgan fingerprint density at radius 1 is 1.19 bits per heavy atom. The summed E-state index contributed by atoms with van der Waals surface area (Å²) in [5, 5.41) is 0. The predicted molar refractivity (Wildman–Crippen MR) is 89.4 cm³/mol. The Bertz CT molecular complexity index is 399. The highest BCUT2D eigenvalue weighted by Gasteiger charge is 2.36. The second-order valence-corrected chi connectivity index (χ2v) is 5.81. The molecule has 1 rings (SSSR count). The van der Waals surface area contributed by atoms with Crippen LogP contribution in [-0.4, -0.2) is 37.7 Å². The molecule has 0 spiro atoms. The summed E-state index contributed by atoms with van der Waals surface area (Å²) in [6.07, 6.45) is 4.18. The van der Waals surface area contributed by atoms with Crippen LogP contribution in [0.15, 0.2) is 24.3 Å². The fourth-order valence-electron chi connectivity index (χ4n) is 3.30. The highest BCUT2D eigenvalue weighted by molar-refractivity contribution is 5.27. The zero-order valence-corrected chi connectivity index (χ0v) is 14.1. The van der Waals surface area contributed by atoms with Crippen molar-refractivity contribution in [2.45, 2.75) is 51.1 Å². The lowest BCUT2D eigenvalue weighted by Gasteiger charge is -2.45. The molecule has 4 heteroatoms. The molecule has 0 radical (unpaired) electrons. The van der Waals surface area contributed by atoms with Gasteiger partial charge in [0, 0.05) is 11.6 Å². The molecule has 0 aliphatic rings. The topological polar surface area (TPSA) is 50.5 Å². The summed E-state index contributed by atoms with van der Waals surface area (Å²) in [5.74, 6) is 6.76. The number of rotatable bonds is 9. The van der Waals surface area contributed by atoms with E-state index in [0.717, 1.165) is 31.4 Å². The van der Waals surface area contributed by atoms with Gasteiger partial charge in [0.25, 0.3) is 0 Å². The Kier molecular flexibility index (Phi) is 7.15. The molecule has 0 fully saturated rings. The number of hydrogen-bond acceptors (Lipinski definition) is 4. The summed E-state index contributed by atoms with van der Waals surface area (Å²) in [5.41, 5.74) is 4.47. The minimum absolute atomic E-state index is 0.0984. The molecule has 0 saturated carbocycles. The van der Waals surface area contributed by atoms with Crippen molar-refractivity contribution in [1.82, 2.24) is 10.3 Å². The van der Waals surface area contributed by atoms with Gasteiger partial charge in [0.15, 0.2) is 0 Å². The van der Waals surface area contributed by atoms with Gasteiger partial charge in [0.05, 0.1) is 7.11 Å². The van der Waals surface area contributed by atoms with Crippen LogP contribution in [-0.2, 0) is 6.42 Å². The normalized spacial score (nSPS) is 13.5. The number of nitrogens with zero attached hydrogens (tertiary/aromatic N) is 1. The monoisotopic (exact) mass is 293 g/mol. The van der Waals surface area contributed by atoms with Gasteiger partial charge in [-0.05, 0) is 57.5 Å². The van der Waals surface area contributed by atoms with E-state index in [4.69, 9.17) is 10.6 Å². The molecule has 0 aliphatic carbocycles. The summed E-state index contributed by atoms with van der Waals surface area (Å²) in [7, 11) is 5.98. The van der Waals surface area contributed by atoms with Gasteiger partial charge in [0.1, 0.15) is 5.75 Å². The molecule has 21 heavy (non-hydrogen) atoms. The zero-order valence-electron chi connectivity index (χ0n) is 14.1. The summed E-state index contributed by atoms with van der Waals surface area (Å²) in [4.78, 5) is 2.31. The van der Waals surface area contributed by atoms with Crippen molar-refractivity contribution in [3.8, 4) is 5.75 Å². The maximum absolute atomic E-state index is 5.86. The molecule has 4 nitrogen and oxygen atoms in total. The van der Waals surface area contributed by atoms with E-state index in [-0.39, 0.29) is 11.6 Å². The molecule has 120 valence electrons. The molecule has 0 bridgehead atoms. The second-order valence-electron chi connectivity index (χ2n) is 5.81. The lowest BCUT2D eigenvalue weighted by molar-refractivity contribution is 0.0843. The van der Waals surface area contributed by atoms with Gasteiger partial charge in [-0.3, -0.25) is 11.3 Å². The van der Waals surface area contributed by atoms with Crippen molar-refractivity contribution in [2.75, 3.05) is 21.2 Å². The van der Waals surface area contributed by atoms with Crippen LogP contribution in [0.5, 0.6) is 5.75 Å². The molecule has 1 atom stereocenters. The molecule has 3 N–H and O–H groups in total. The maximum atomic E-state index is 5.86. The number of likely N-dealkylation sites (N-methyl/N-ethyl adjacent to an activating group) is 1. The van der Waals surface area contributed by atoms with Gasteiger partial charge in [-0.15, -0.1) is 0 Å². The van der Waals surface area contributed by atoms with Crippen molar-refractivity contribution in [1.29, 1.82) is 0 Å². The van der Waals surface area contributed by atoms with Gasteiger partial charge in [-0.2, -0.15) is 0 Å². The third-order valence-electron chi connectivity index (χ3n) is 4.85. The number of aryl methyl sites for hydroxylation is 1. The minimum atomic E-state index is 0.0984. The van der Waals surface area contributed by atoms with Gasteiger partial charge >= 0.3 is 0 Å². The van der Waals surface area contributed by atoms with Crippen LogP contribution in [0.2, 0.25) is 0 Å². The Morgan fingerprint density at radius 2 is 1.76 bits per heavy atom. The molecule has 0 aliphatic heterocycles. The van der Waals surface area contributed by atoms with Crippen LogP contribution in [0.1, 0.15) is 38.7 Å². The molecule has 1 aromatic rings. The van der Waals surface area contributed by atoms with Crippen LogP contribution < -0.4 is 16.0 Å². The average Bonchev–Trinajstić information content (AvgIpc) is 2.52. The van der Waals surface area contributed by atoms with E-state index in [1.807, 2.05) is 12.1 Å². The maximum Gasteiger partial charge on any atom is 0.118 e. The summed E-state index contributed by atoms with van der Waals surface area (Å²) in [6.45, 7) is 4.47. The van der Waals surface area contributed by atoms with Crippen molar-refractivity contribution in [2.24, 2.45) is 5.84 Å². The number of nitrogens with two attached hydrogens (primary N) is 1. The first kappa shape index (κ1) is 18.0. The van der Waals surface area contributed by atoms with Crippen LogP contribution in [0, 0.1) is 0 Å². The van der Waals surface area contributed by atoms with Crippen molar-refractivity contribution in [3.05, 3.63) is 29.8 Å². The Labute approximate surface area is 129 Å². The van der Waals surface area contributed by atoms with Crippen LogP contribution in [0.25, 0.3) is 0 Å². The molecule has 0 aromatic heterocycles. The van der Waals surface area contributed by atoms with E-state index in [1.54, 1.807) is 7.11 Å².